The van der Waals surface area contributed by atoms with E-state index in [1.807, 2.05) is 4.90 Å². The van der Waals surface area contributed by atoms with Crippen LogP contribution < -0.4 is 0 Å². The van der Waals surface area contributed by atoms with E-state index in [0.717, 1.165) is 19.3 Å². The Hall–Kier alpha value is 0.220. The van der Waals surface area contributed by atoms with Gasteiger partial charge in [0.2, 0.25) is 0 Å². The Kier molecular flexibility index (Phi) is 6.21. The highest BCUT2D eigenvalue weighted by atomic mass is 31.2. The molecular formula is C11H25NO7P2. The minimum Gasteiger partial charge on any atom is -0.367 e. The largest absolute Gasteiger partial charge is 0.369 e. The minimum atomic E-state index is -5.35. The Labute approximate surface area is 124 Å². The van der Waals surface area contributed by atoms with Gasteiger partial charge in [0.15, 0.2) is 0 Å². The lowest BCUT2D eigenvalue weighted by Crippen LogP contribution is -2.37. The van der Waals surface area contributed by atoms with Gasteiger partial charge < -0.3 is 29.6 Å². The summed E-state index contributed by atoms with van der Waals surface area (Å²) in [5.41, 5.74) is 0. The number of rotatable bonds is 7. The molecule has 21 heavy (non-hydrogen) atoms. The molecule has 1 rings (SSSR count). The summed E-state index contributed by atoms with van der Waals surface area (Å²) in [5.74, 6) is 0.457. The standard InChI is InChI=1S/C11H25NO7P2/c1-9(2)8-10-4-3-6-12(10)7-5-11(13,20(14,15)16)21(17,18)19/h9-10,13H,3-8H2,1-2H3,(H2,14,15,16)(H2,17,18,19). The summed E-state index contributed by atoms with van der Waals surface area (Å²) in [6, 6.07) is 0.225. The zero-order valence-corrected chi connectivity index (χ0v) is 14.1. The van der Waals surface area contributed by atoms with E-state index in [2.05, 4.69) is 13.8 Å². The van der Waals surface area contributed by atoms with Crippen LogP contribution in [0.3, 0.4) is 0 Å². The predicted octanol–water partition coefficient (Wildman–Crippen LogP) is 0.889. The van der Waals surface area contributed by atoms with Crippen LogP contribution in [0.5, 0.6) is 0 Å². The molecule has 1 fully saturated rings. The Bertz CT molecular complexity index is 422. The molecule has 1 aliphatic rings. The molecule has 1 saturated heterocycles. The smallest absolute Gasteiger partial charge is 0.367 e. The van der Waals surface area contributed by atoms with Crippen molar-refractivity contribution in [3.8, 4) is 0 Å². The summed E-state index contributed by atoms with van der Waals surface area (Å²) in [6.45, 7) is 4.89. The summed E-state index contributed by atoms with van der Waals surface area (Å²) in [5, 5.41) is 6.56. The zero-order valence-electron chi connectivity index (χ0n) is 12.3. The zero-order chi connectivity index (χ0) is 16.5. The minimum absolute atomic E-state index is 0.0457. The molecule has 5 N–H and O–H groups in total. The third-order valence-electron chi connectivity index (χ3n) is 3.91. The fourth-order valence-corrected chi connectivity index (χ4v) is 4.90. The first kappa shape index (κ1) is 19.3. The summed E-state index contributed by atoms with van der Waals surface area (Å²) in [4.78, 5) is 38.4. The molecule has 0 bridgehead atoms. The molecule has 0 aromatic rings. The van der Waals surface area contributed by atoms with E-state index >= 15 is 0 Å². The normalized spacial score (nSPS) is 22.2. The molecular weight excluding hydrogens is 320 g/mol. The second-order valence-electron chi connectivity index (χ2n) is 6.07. The maximum atomic E-state index is 11.3. The van der Waals surface area contributed by atoms with Gasteiger partial charge in [0.05, 0.1) is 0 Å². The van der Waals surface area contributed by atoms with Gasteiger partial charge in [-0.05, 0) is 31.7 Å². The molecule has 0 aromatic carbocycles. The van der Waals surface area contributed by atoms with Crippen molar-refractivity contribution in [2.24, 2.45) is 5.92 Å². The van der Waals surface area contributed by atoms with Crippen LogP contribution in [-0.2, 0) is 9.13 Å². The second kappa shape index (κ2) is 6.77. The number of hydrogen-bond acceptors (Lipinski definition) is 4. The lowest BCUT2D eigenvalue weighted by Gasteiger charge is -2.32. The Morgan fingerprint density at radius 2 is 1.71 bits per heavy atom. The van der Waals surface area contributed by atoms with Gasteiger partial charge in [-0.15, -0.1) is 0 Å². The molecule has 0 radical (unpaired) electrons. The summed E-state index contributed by atoms with van der Waals surface area (Å²) < 4.78 is 22.6. The first-order valence-corrected chi connectivity index (χ1v) is 10.2. The summed E-state index contributed by atoms with van der Waals surface area (Å²) in [7, 11) is -10.7. The monoisotopic (exact) mass is 345 g/mol. The van der Waals surface area contributed by atoms with Crippen molar-refractivity contribution in [2.45, 2.75) is 50.7 Å². The van der Waals surface area contributed by atoms with Gasteiger partial charge in [-0.1, -0.05) is 13.8 Å². The Morgan fingerprint density at radius 1 is 1.19 bits per heavy atom. The Morgan fingerprint density at radius 3 is 2.14 bits per heavy atom. The first-order valence-electron chi connectivity index (χ1n) is 6.96. The molecule has 1 aliphatic heterocycles. The van der Waals surface area contributed by atoms with Crippen LogP contribution in [0.15, 0.2) is 0 Å². The maximum Gasteiger partial charge on any atom is 0.369 e. The highest BCUT2D eigenvalue weighted by Gasteiger charge is 2.59. The third-order valence-corrected chi connectivity index (χ3v) is 7.79. The quantitative estimate of drug-likeness (QED) is 0.429. The van der Waals surface area contributed by atoms with Crippen molar-refractivity contribution in [1.29, 1.82) is 0 Å². The fraction of sp³-hybridized carbons (Fsp3) is 1.00. The molecule has 126 valence electrons. The SMILES string of the molecule is CC(C)CC1CCCN1CCC(O)(P(=O)(O)O)P(=O)(O)O. The lowest BCUT2D eigenvalue weighted by molar-refractivity contribution is 0.103. The molecule has 0 amide bonds. The van der Waals surface area contributed by atoms with E-state index in [9.17, 15) is 14.2 Å². The van der Waals surface area contributed by atoms with Gasteiger partial charge in [0.1, 0.15) is 0 Å². The van der Waals surface area contributed by atoms with Gasteiger partial charge in [0, 0.05) is 19.0 Å². The van der Waals surface area contributed by atoms with Gasteiger partial charge in [-0.3, -0.25) is 9.13 Å². The van der Waals surface area contributed by atoms with Crippen molar-refractivity contribution in [1.82, 2.24) is 4.90 Å². The average Bonchev–Trinajstić information content (AvgIpc) is 2.69. The fourth-order valence-electron chi connectivity index (χ4n) is 2.76. The molecule has 8 nitrogen and oxygen atoms in total. The first-order chi connectivity index (χ1) is 9.38. The van der Waals surface area contributed by atoms with Crippen LogP contribution in [-0.4, -0.2) is 53.8 Å². The number of hydrogen-bond donors (Lipinski definition) is 5. The Balaban J connectivity index is 2.79. The predicted molar refractivity (Wildman–Crippen MR) is 77.7 cm³/mol. The third kappa shape index (κ3) is 4.60. The van der Waals surface area contributed by atoms with Crippen LogP contribution in [0.1, 0.15) is 39.5 Å². The highest BCUT2D eigenvalue weighted by Crippen LogP contribution is 2.68. The molecule has 0 aromatic heterocycles. The van der Waals surface area contributed by atoms with Crippen molar-refractivity contribution in [2.75, 3.05) is 13.1 Å². The van der Waals surface area contributed by atoms with Crippen molar-refractivity contribution in [3.63, 3.8) is 0 Å². The van der Waals surface area contributed by atoms with Crippen LogP contribution >= 0.6 is 15.2 Å². The van der Waals surface area contributed by atoms with Gasteiger partial charge >= 0.3 is 15.2 Å². The van der Waals surface area contributed by atoms with E-state index in [4.69, 9.17) is 19.6 Å². The van der Waals surface area contributed by atoms with E-state index in [0.29, 0.717) is 12.5 Å². The molecule has 10 heteroatoms. The lowest BCUT2D eigenvalue weighted by atomic mass is 10.0. The van der Waals surface area contributed by atoms with Crippen molar-refractivity contribution < 1.29 is 33.8 Å². The van der Waals surface area contributed by atoms with Crippen LogP contribution in [0.2, 0.25) is 0 Å². The van der Waals surface area contributed by atoms with Crippen LogP contribution in [0.25, 0.3) is 0 Å². The highest BCUT2D eigenvalue weighted by molar-refractivity contribution is 7.72. The van der Waals surface area contributed by atoms with E-state index in [-0.39, 0.29) is 12.6 Å². The van der Waals surface area contributed by atoms with Crippen molar-refractivity contribution in [3.05, 3.63) is 0 Å². The van der Waals surface area contributed by atoms with E-state index in [1.54, 1.807) is 0 Å². The molecule has 0 spiro atoms. The number of aliphatic hydroxyl groups is 1. The number of nitrogens with zero attached hydrogens (tertiary/aromatic N) is 1. The van der Waals surface area contributed by atoms with E-state index in [1.165, 1.54) is 0 Å². The number of likely N-dealkylation sites (tertiary alicyclic amines) is 1. The molecule has 1 heterocycles. The van der Waals surface area contributed by atoms with E-state index < -0.39 is 26.7 Å². The average molecular weight is 345 g/mol. The summed E-state index contributed by atoms with van der Waals surface area (Å²) >= 11 is 0. The molecule has 0 aliphatic carbocycles. The second-order valence-corrected chi connectivity index (χ2v) is 10.1. The topological polar surface area (TPSA) is 139 Å². The van der Waals surface area contributed by atoms with Gasteiger partial charge in [0.25, 0.3) is 5.08 Å². The van der Waals surface area contributed by atoms with Crippen molar-refractivity contribution >= 4 is 15.2 Å². The molecule has 1 atom stereocenters. The van der Waals surface area contributed by atoms with Crippen LogP contribution in [0.4, 0.5) is 0 Å². The molecule has 1 unspecified atom stereocenters. The van der Waals surface area contributed by atoms with Crippen LogP contribution in [0, 0.1) is 5.92 Å². The summed E-state index contributed by atoms with van der Waals surface area (Å²) in [6.07, 6.45) is 2.13. The molecule has 0 saturated carbocycles. The van der Waals surface area contributed by atoms with Gasteiger partial charge in [-0.25, -0.2) is 0 Å². The maximum absolute atomic E-state index is 11.3. The van der Waals surface area contributed by atoms with Gasteiger partial charge in [-0.2, -0.15) is 0 Å².